The molecule has 0 radical (unpaired) electrons. The van der Waals surface area contributed by atoms with Crippen LogP contribution in [-0.2, 0) is 52.0 Å². The Morgan fingerprint density at radius 2 is 1.68 bits per heavy atom. The van der Waals surface area contributed by atoms with Crippen LogP contribution in [0.1, 0.15) is 70.9 Å². The lowest BCUT2D eigenvalue weighted by molar-refractivity contribution is -0.671. The van der Waals surface area contributed by atoms with Crippen LogP contribution in [0.2, 0.25) is 0 Å². The third-order valence-electron chi connectivity index (χ3n) is 5.17. The average molecular weight is 557 g/mol. The molecule has 2 atom stereocenters. The molecule has 0 aliphatic carbocycles. The van der Waals surface area contributed by atoms with E-state index in [4.69, 9.17) is 14.2 Å². The highest BCUT2D eigenvalue weighted by atomic mass is 32.3. The van der Waals surface area contributed by atoms with Gasteiger partial charge in [0.25, 0.3) is 6.04 Å². The van der Waals surface area contributed by atoms with Crippen molar-refractivity contribution >= 4 is 22.3 Å². The van der Waals surface area contributed by atoms with E-state index in [2.05, 4.69) is 11.1 Å². The Bertz CT molecular complexity index is 1040. The van der Waals surface area contributed by atoms with E-state index in [-0.39, 0.29) is 13.2 Å². The van der Waals surface area contributed by atoms with Gasteiger partial charge in [0.2, 0.25) is 16.7 Å². The highest BCUT2D eigenvalue weighted by Gasteiger charge is 2.37. The fraction of sp³-hybridized carbons (Fsp3) is 0.577. The summed E-state index contributed by atoms with van der Waals surface area (Å²) in [6, 6.07) is 8.03. The zero-order valence-corrected chi connectivity index (χ0v) is 23.4. The van der Waals surface area contributed by atoms with Crippen molar-refractivity contribution in [2.45, 2.75) is 78.2 Å². The first-order chi connectivity index (χ1) is 18.1. The number of esters is 2. The normalized spacial score (nSPS) is 12.7. The van der Waals surface area contributed by atoms with E-state index < -0.39 is 34.7 Å². The van der Waals surface area contributed by atoms with Gasteiger partial charge < -0.3 is 18.8 Å². The van der Waals surface area contributed by atoms with Crippen LogP contribution in [0.3, 0.4) is 0 Å². The van der Waals surface area contributed by atoms with Crippen LogP contribution in [0, 0.1) is 0 Å². The quantitative estimate of drug-likeness (QED) is 0.0580. The Balaban J connectivity index is 0.000000471. The first-order valence-electron chi connectivity index (χ1n) is 12.7. The van der Waals surface area contributed by atoms with E-state index in [0.717, 1.165) is 18.4 Å². The second kappa shape index (κ2) is 18.5. The largest absolute Gasteiger partial charge is 0.726 e. The molecule has 0 N–H and O–H groups in total. The third kappa shape index (κ3) is 14.8. The molecule has 38 heavy (non-hydrogen) atoms. The predicted octanol–water partition coefficient (Wildman–Crippen LogP) is 3.35. The predicted molar refractivity (Wildman–Crippen MR) is 137 cm³/mol. The minimum Gasteiger partial charge on any atom is -0.726 e. The monoisotopic (exact) mass is 556 g/mol. The molecule has 214 valence electrons. The summed E-state index contributed by atoms with van der Waals surface area (Å²) in [7, 11) is -2.68. The number of unbranched alkanes of at least 4 members (excludes halogenated alkanes) is 5. The third-order valence-corrected chi connectivity index (χ3v) is 5.62. The molecule has 0 bridgehead atoms. The Kier molecular flexibility index (Phi) is 16.1. The number of carbonyl (C=O) groups is 2. The van der Waals surface area contributed by atoms with Gasteiger partial charge in [0.15, 0.2) is 6.29 Å². The van der Waals surface area contributed by atoms with Gasteiger partial charge in [-0.25, -0.2) is 27.1 Å². The molecule has 0 fully saturated rings. The van der Waals surface area contributed by atoms with E-state index in [0.29, 0.717) is 13.0 Å². The fourth-order valence-electron chi connectivity index (χ4n) is 3.31. The van der Waals surface area contributed by atoms with Gasteiger partial charge in [0, 0.05) is 6.61 Å². The molecule has 11 nitrogen and oxygen atoms in total. The number of hydrogen-bond acceptors (Lipinski definition) is 9. The first-order valence-corrected chi connectivity index (χ1v) is 14.1. The minimum atomic E-state index is -4.47. The van der Waals surface area contributed by atoms with Gasteiger partial charge in [-0.05, 0) is 25.8 Å². The van der Waals surface area contributed by atoms with Crippen LogP contribution in [0.25, 0.3) is 0 Å². The molecule has 0 aliphatic heterocycles. The highest BCUT2D eigenvalue weighted by molar-refractivity contribution is 7.80. The van der Waals surface area contributed by atoms with Gasteiger partial charge in [0.05, 0.1) is 13.7 Å². The molecule has 0 amide bonds. The maximum atomic E-state index is 12.5. The van der Waals surface area contributed by atoms with Crippen LogP contribution in [0.4, 0.5) is 0 Å². The number of ether oxygens (including phenoxy) is 3. The highest BCUT2D eigenvalue weighted by Crippen LogP contribution is 2.14. The van der Waals surface area contributed by atoms with Gasteiger partial charge in [-0.2, -0.15) is 0 Å². The van der Waals surface area contributed by atoms with E-state index in [9.17, 15) is 22.6 Å². The lowest BCUT2D eigenvalue weighted by atomic mass is 10.1. The standard InChI is InChI=1S/C18H23N2O5.C8H18O4S/c1-4-23-14(2)25-18(22)16(20-11-10-19(3)13-20)17(21)24-12-15-8-6-5-7-9-15;1-2-3-4-5-6-7-8-12-13(9,10)11/h5-11,13-14,16H,4,12H2,1-3H3;2-8H2,1H3,(H,9,10,11)/q+1;/p-1/t14-,16?;/m1./s1. The van der Waals surface area contributed by atoms with Crippen molar-refractivity contribution in [2.75, 3.05) is 13.2 Å². The van der Waals surface area contributed by atoms with Gasteiger partial charge in [-0.3, -0.25) is 4.18 Å². The number of aryl methyl sites for hydroxylation is 1. The Hall–Kier alpha value is -2.80. The van der Waals surface area contributed by atoms with Crippen molar-refractivity contribution in [3.05, 3.63) is 54.6 Å². The number of imidazole rings is 1. The molecule has 1 unspecified atom stereocenters. The summed E-state index contributed by atoms with van der Waals surface area (Å²) in [5.41, 5.74) is 0.837. The molecule has 0 aliphatic rings. The summed E-state index contributed by atoms with van der Waals surface area (Å²) in [4.78, 5) is 25.0. The number of aromatic nitrogens is 2. The topological polar surface area (TPSA) is 137 Å². The van der Waals surface area contributed by atoms with Crippen molar-refractivity contribution < 1.29 is 45.5 Å². The minimum absolute atomic E-state index is 0.0258. The maximum Gasteiger partial charge on any atom is 0.366 e. The Morgan fingerprint density at radius 1 is 1.03 bits per heavy atom. The molecule has 0 saturated carbocycles. The van der Waals surface area contributed by atoms with Crippen molar-refractivity contribution in [3.8, 4) is 0 Å². The lowest BCUT2D eigenvalue weighted by Gasteiger charge is -2.16. The molecule has 0 spiro atoms. The molecular weight excluding hydrogens is 516 g/mol. The van der Waals surface area contributed by atoms with E-state index >= 15 is 0 Å². The first kappa shape index (κ1) is 33.2. The van der Waals surface area contributed by atoms with Gasteiger partial charge in [0.1, 0.15) is 19.0 Å². The molecule has 12 heteroatoms. The maximum absolute atomic E-state index is 12.5. The van der Waals surface area contributed by atoms with Crippen LogP contribution in [-0.4, -0.2) is 49.0 Å². The van der Waals surface area contributed by atoms with Crippen LogP contribution >= 0.6 is 0 Å². The lowest BCUT2D eigenvalue weighted by Crippen LogP contribution is -2.34. The second-order valence-electron chi connectivity index (χ2n) is 8.48. The summed E-state index contributed by atoms with van der Waals surface area (Å²) in [6.45, 7) is 6.03. The van der Waals surface area contributed by atoms with Gasteiger partial charge >= 0.3 is 11.9 Å². The number of carbonyl (C=O) groups excluding carboxylic acids is 2. The van der Waals surface area contributed by atoms with Crippen LogP contribution < -0.4 is 4.57 Å². The summed E-state index contributed by atoms with van der Waals surface area (Å²) in [6.07, 6.45) is 10.4. The average Bonchev–Trinajstić information content (AvgIpc) is 3.28. The molecule has 1 heterocycles. The van der Waals surface area contributed by atoms with Gasteiger partial charge in [-0.15, -0.1) is 0 Å². The number of benzene rings is 1. The van der Waals surface area contributed by atoms with Crippen molar-refractivity contribution in [1.82, 2.24) is 4.57 Å². The molecule has 1 aromatic heterocycles. The Morgan fingerprint density at radius 3 is 2.26 bits per heavy atom. The van der Waals surface area contributed by atoms with E-state index in [1.54, 1.807) is 44.2 Å². The summed E-state index contributed by atoms with van der Waals surface area (Å²) in [5, 5.41) is 0. The zero-order chi connectivity index (χ0) is 28.4. The SMILES string of the molecule is CCCCCCCCOS(=O)(=O)[O-].CCO[C@@H](C)OC(=O)C(C(=O)OCc1ccccc1)n1cc[n+](C)c1. The van der Waals surface area contributed by atoms with Crippen molar-refractivity contribution in [2.24, 2.45) is 7.05 Å². The van der Waals surface area contributed by atoms with Crippen LogP contribution in [0.15, 0.2) is 49.1 Å². The fourth-order valence-corrected chi connectivity index (χ4v) is 3.63. The number of rotatable bonds is 16. The second-order valence-corrected chi connectivity index (χ2v) is 9.53. The molecular formula is C26H40N2O9S. The van der Waals surface area contributed by atoms with Crippen molar-refractivity contribution in [3.63, 3.8) is 0 Å². The van der Waals surface area contributed by atoms with Crippen LogP contribution in [0.5, 0.6) is 0 Å². The molecule has 2 aromatic rings. The Labute approximate surface area is 225 Å². The van der Waals surface area contributed by atoms with Crippen molar-refractivity contribution in [1.29, 1.82) is 0 Å². The molecule has 2 rings (SSSR count). The smallest absolute Gasteiger partial charge is 0.366 e. The molecule has 1 aromatic carbocycles. The summed E-state index contributed by atoms with van der Waals surface area (Å²) < 4.78 is 52.9. The summed E-state index contributed by atoms with van der Waals surface area (Å²) >= 11 is 0. The molecule has 0 saturated heterocycles. The van der Waals surface area contributed by atoms with E-state index in [1.807, 2.05) is 30.3 Å². The van der Waals surface area contributed by atoms with E-state index in [1.165, 1.54) is 23.8 Å². The number of hydrogen-bond donors (Lipinski definition) is 0. The zero-order valence-electron chi connectivity index (χ0n) is 22.6. The number of nitrogens with zero attached hydrogens (tertiary/aromatic N) is 2. The summed E-state index contributed by atoms with van der Waals surface area (Å²) in [5.74, 6) is -1.41. The van der Waals surface area contributed by atoms with Gasteiger partial charge in [-0.1, -0.05) is 69.4 Å².